The Labute approximate surface area is 242 Å². The van der Waals surface area contributed by atoms with Gasteiger partial charge in [0.05, 0.1) is 18.8 Å². The second-order valence-corrected chi connectivity index (χ2v) is 11.1. The van der Waals surface area contributed by atoms with E-state index in [1.54, 1.807) is 18.3 Å². The van der Waals surface area contributed by atoms with E-state index in [0.717, 1.165) is 27.4 Å². The van der Waals surface area contributed by atoms with E-state index < -0.39 is 34.4 Å². The van der Waals surface area contributed by atoms with Crippen molar-refractivity contribution in [1.29, 1.82) is 0 Å². The van der Waals surface area contributed by atoms with Crippen molar-refractivity contribution in [1.82, 2.24) is 20.6 Å². The summed E-state index contributed by atoms with van der Waals surface area (Å²) in [6, 6.07) is 17.9. The van der Waals surface area contributed by atoms with Crippen molar-refractivity contribution in [2.45, 2.75) is 31.8 Å². The van der Waals surface area contributed by atoms with Crippen LogP contribution < -0.4 is 20.0 Å². The van der Waals surface area contributed by atoms with Crippen LogP contribution in [0.3, 0.4) is 0 Å². The molecular weight excluding hydrogens is 566 g/mol. The molecule has 4 rings (SSSR count). The van der Waals surface area contributed by atoms with Gasteiger partial charge >= 0.3 is 16.4 Å². The molecule has 0 aliphatic carbocycles. The van der Waals surface area contributed by atoms with E-state index >= 15 is 0 Å². The SMILES string of the molecule is COC(=O)NC(Cc1ccccc1)C(=O)NC(Cc1ccc(OS(N)(=O)=O)cc1)c1csc(-c2ccc(C)nc2)n1. The number of aromatic nitrogens is 2. The molecule has 0 bridgehead atoms. The summed E-state index contributed by atoms with van der Waals surface area (Å²) in [5.41, 5.74) is 3.96. The Hall–Kier alpha value is -4.33. The first-order valence-electron chi connectivity index (χ1n) is 12.5. The van der Waals surface area contributed by atoms with Gasteiger partial charge in [0.25, 0.3) is 0 Å². The Morgan fingerprint density at radius 2 is 1.68 bits per heavy atom. The number of hydrogen-bond acceptors (Lipinski definition) is 9. The molecule has 2 amide bonds. The lowest BCUT2D eigenvalue weighted by Crippen LogP contribution is -2.49. The lowest BCUT2D eigenvalue weighted by atomic mass is 10.0. The highest BCUT2D eigenvalue weighted by atomic mass is 32.2. The van der Waals surface area contributed by atoms with Crippen molar-refractivity contribution < 1.29 is 26.9 Å². The Kier molecular flexibility index (Phi) is 9.65. The number of amides is 2. The predicted octanol–water partition coefficient (Wildman–Crippen LogP) is 3.46. The number of aryl methyl sites for hydroxylation is 1. The average Bonchev–Trinajstić information content (AvgIpc) is 3.44. The van der Waals surface area contributed by atoms with Gasteiger partial charge in [0.1, 0.15) is 16.8 Å². The van der Waals surface area contributed by atoms with Gasteiger partial charge in [0.15, 0.2) is 0 Å². The minimum atomic E-state index is -4.16. The molecule has 0 spiro atoms. The Bertz CT molecular complexity index is 1580. The van der Waals surface area contributed by atoms with Crippen LogP contribution in [-0.4, -0.2) is 43.5 Å². The van der Waals surface area contributed by atoms with Crippen LogP contribution in [-0.2, 0) is 32.7 Å². The van der Waals surface area contributed by atoms with E-state index in [1.165, 1.54) is 30.6 Å². The molecule has 2 heterocycles. The third kappa shape index (κ3) is 8.83. The first-order valence-corrected chi connectivity index (χ1v) is 14.8. The van der Waals surface area contributed by atoms with Crippen molar-refractivity contribution in [3.8, 4) is 16.3 Å². The number of carbonyl (C=O) groups is 2. The smallest absolute Gasteiger partial charge is 0.407 e. The number of methoxy groups -OCH3 is 1. The van der Waals surface area contributed by atoms with Crippen LogP contribution in [0.25, 0.3) is 10.6 Å². The summed E-state index contributed by atoms with van der Waals surface area (Å²) in [6.07, 6.45) is 1.57. The average molecular weight is 596 g/mol. The lowest BCUT2D eigenvalue weighted by molar-refractivity contribution is -0.123. The molecule has 0 aliphatic rings. The molecule has 4 aromatic rings. The zero-order chi connectivity index (χ0) is 29.4. The molecule has 13 heteroatoms. The first kappa shape index (κ1) is 29.6. The van der Waals surface area contributed by atoms with Gasteiger partial charge in [0, 0.05) is 29.3 Å². The highest BCUT2D eigenvalue weighted by Crippen LogP contribution is 2.28. The van der Waals surface area contributed by atoms with E-state index in [4.69, 9.17) is 19.0 Å². The second kappa shape index (κ2) is 13.4. The summed E-state index contributed by atoms with van der Waals surface area (Å²) in [7, 11) is -2.93. The van der Waals surface area contributed by atoms with Gasteiger partial charge in [-0.05, 0) is 48.7 Å². The van der Waals surface area contributed by atoms with Crippen LogP contribution in [0.4, 0.5) is 4.79 Å². The molecule has 41 heavy (non-hydrogen) atoms. The zero-order valence-electron chi connectivity index (χ0n) is 22.3. The van der Waals surface area contributed by atoms with Crippen LogP contribution in [0.5, 0.6) is 5.75 Å². The molecule has 2 aromatic carbocycles. The molecule has 0 saturated heterocycles. The van der Waals surface area contributed by atoms with Gasteiger partial charge in [0.2, 0.25) is 5.91 Å². The number of ether oxygens (including phenoxy) is 1. The van der Waals surface area contributed by atoms with E-state index in [0.29, 0.717) is 12.1 Å². The summed E-state index contributed by atoms with van der Waals surface area (Å²) >= 11 is 1.42. The number of hydrogen-bond donors (Lipinski definition) is 3. The first-order chi connectivity index (χ1) is 19.6. The molecule has 0 aliphatic heterocycles. The monoisotopic (exact) mass is 595 g/mol. The summed E-state index contributed by atoms with van der Waals surface area (Å²) in [4.78, 5) is 34.8. The lowest BCUT2D eigenvalue weighted by Gasteiger charge is -2.23. The van der Waals surface area contributed by atoms with E-state index in [9.17, 15) is 18.0 Å². The van der Waals surface area contributed by atoms with Crippen molar-refractivity contribution in [2.24, 2.45) is 5.14 Å². The van der Waals surface area contributed by atoms with Crippen molar-refractivity contribution >= 4 is 33.6 Å². The minimum absolute atomic E-state index is 0.0601. The number of thiazole rings is 1. The largest absolute Gasteiger partial charge is 0.453 e. The van der Waals surface area contributed by atoms with Crippen molar-refractivity contribution in [2.75, 3.05) is 7.11 Å². The van der Waals surface area contributed by atoms with Crippen LogP contribution in [0, 0.1) is 6.92 Å². The maximum Gasteiger partial charge on any atom is 0.407 e. The Morgan fingerprint density at radius 1 is 0.976 bits per heavy atom. The molecule has 2 unspecified atom stereocenters. The fraction of sp³-hybridized carbons (Fsp3) is 0.214. The van der Waals surface area contributed by atoms with Gasteiger partial charge in [-0.3, -0.25) is 9.78 Å². The summed E-state index contributed by atoms with van der Waals surface area (Å²) in [6.45, 7) is 1.90. The van der Waals surface area contributed by atoms with Crippen LogP contribution in [0.2, 0.25) is 0 Å². The minimum Gasteiger partial charge on any atom is -0.453 e. The molecule has 0 saturated carbocycles. The quantitative estimate of drug-likeness (QED) is 0.237. The third-order valence-electron chi connectivity index (χ3n) is 6.01. The number of alkyl carbamates (subject to hydrolysis) is 1. The Morgan fingerprint density at radius 3 is 2.32 bits per heavy atom. The summed E-state index contributed by atoms with van der Waals surface area (Å²) < 4.78 is 32.0. The number of nitrogens with one attached hydrogen (secondary N) is 2. The molecule has 11 nitrogen and oxygen atoms in total. The highest BCUT2D eigenvalue weighted by Gasteiger charge is 2.26. The van der Waals surface area contributed by atoms with E-state index in [2.05, 4.69) is 15.6 Å². The molecule has 214 valence electrons. The maximum atomic E-state index is 13.6. The number of rotatable bonds is 11. The summed E-state index contributed by atoms with van der Waals surface area (Å²) in [5, 5.41) is 13.2. The molecule has 2 aromatic heterocycles. The topological polar surface area (TPSA) is 163 Å². The van der Waals surface area contributed by atoms with Crippen molar-refractivity contribution in [3.05, 3.63) is 101 Å². The van der Waals surface area contributed by atoms with Crippen LogP contribution in [0.1, 0.15) is 28.6 Å². The van der Waals surface area contributed by atoms with Crippen molar-refractivity contribution in [3.63, 3.8) is 0 Å². The summed E-state index contributed by atoms with van der Waals surface area (Å²) in [5.74, 6) is -0.366. The van der Waals surface area contributed by atoms with Gasteiger partial charge in [-0.2, -0.15) is 13.6 Å². The number of carbonyl (C=O) groups excluding carboxylic acids is 2. The van der Waals surface area contributed by atoms with E-state index in [-0.39, 0.29) is 12.2 Å². The maximum absolute atomic E-state index is 13.6. The molecular formula is C28H29N5O6S2. The van der Waals surface area contributed by atoms with Gasteiger partial charge < -0.3 is 19.6 Å². The number of nitrogens with zero attached hydrogens (tertiary/aromatic N) is 2. The number of benzene rings is 2. The predicted molar refractivity (Wildman–Crippen MR) is 154 cm³/mol. The molecule has 0 fully saturated rings. The third-order valence-corrected chi connectivity index (χ3v) is 7.34. The molecule has 2 atom stereocenters. The Balaban J connectivity index is 1.61. The van der Waals surface area contributed by atoms with Gasteiger partial charge in [-0.1, -0.05) is 42.5 Å². The van der Waals surface area contributed by atoms with Crippen LogP contribution in [0.15, 0.2) is 78.3 Å². The van der Waals surface area contributed by atoms with Crippen LogP contribution >= 0.6 is 11.3 Å². The molecule has 0 radical (unpaired) electrons. The fourth-order valence-corrected chi connectivity index (χ4v) is 5.23. The highest BCUT2D eigenvalue weighted by molar-refractivity contribution is 7.84. The second-order valence-electron chi connectivity index (χ2n) is 9.13. The number of nitrogens with two attached hydrogens (primary N) is 1. The van der Waals surface area contributed by atoms with Gasteiger partial charge in [-0.15, -0.1) is 11.3 Å². The molecule has 4 N–H and O–H groups in total. The van der Waals surface area contributed by atoms with Gasteiger partial charge in [-0.25, -0.2) is 9.78 Å². The standard InChI is InChI=1S/C28H29N5O6S2/c1-18-8-11-21(16-30-18)27-32-25(17-40-27)23(14-20-9-12-22(13-10-20)39-41(29,36)37)31-26(34)24(33-28(35)38-2)15-19-6-4-3-5-7-19/h3-13,16-17,23-24H,14-15H2,1-2H3,(H,31,34)(H,33,35)(H2,29,36,37). The normalized spacial score (nSPS) is 12.7. The fourth-order valence-electron chi connectivity index (χ4n) is 3.99. The van der Waals surface area contributed by atoms with E-state index in [1.807, 2.05) is 54.8 Å². The number of pyridine rings is 1. The zero-order valence-corrected chi connectivity index (χ0v) is 23.9.